The largest absolute Gasteiger partial charge is 0.320 e. The molecule has 3 rings (SSSR count). The van der Waals surface area contributed by atoms with E-state index >= 15 is 0 Å². The summed E-state index contributed by atoms with van der Waals surface area (Å²) < 4.78 is 0. The first-order chi connectivity index (χ1) is 10.6. The number of aromatic nitrogens is 3. The van der Waals surface area contributed by atoms with Gasteiger partial charge in [-0.2, -0.15) is 5.10 Å². The van der Waals surface area contributed by atoms with E-state index in [9.17, 15) is 4.79 Å². The van der Waals surface area contributed by atoms with Crippen LogP contribution in [0.25, 0.3) is 11.4 Å². The van der Waals surface area contributed by atoms with E-state index in [0.717, 1.165) is 5.56 Å². The lowest BCUT2D eigenvalue weighted by atomic mass is 10.2. The Morgan fingerprint density at radius 3 is 2.77 bits per heavy atom. The third-order valence-corrected chi connectivity index (χ3v) is 3.42. The van der Waals surface area contributed by atoms with Crippen molar-refractivity contribution < 1.29 is 4.79 Å². The van der Waals surface area contributed by atoms with Crippen LogP contribution in [0.4, 0.5) is 5.69 Å². The van der Waals surface area contributed by atoms with Gasteiger partial charge < -0.3 is 5.32 Å². The summed E-state index contributed by atoms with van der Waals surface area (Å²) in [6.07, 6.45) is 1.68. The van der Waals surface area contributed by atoms with E-state index < -0.39 is 0 Å². The standard InChI is InChI=1S/C16H13ClN4O/c1-10-8-11(17)5-6-12(10)19-16(22)15-9-14(20-21-15)13-4-2-3-7-18-13/h2-9H,1H3,(H,19,22)(H,20,21). The number of benzene rings is 1. The highest BCUT2D eigenvalue weighted by Gasteiger charge is 2.12. The van der Waals surface area contributed by atoms with E-state index in [1.165, 1.54) is 0 Å². The molecule has 0 aliphatic carbocycles. The van der Waals surface area contributed by atoms with Gasteiger partial charge in [-0.15, -0.1) is 0 Å². The summed E-state index contributed by atoms with van der Waals surface area (Å²) in [5.74, 6) is -0.264. The molecule has 110 valence electrons. The van der Waals surface area contributed by atoms with E-state index in [1.807, 2.05) is 25.1 Å². The lowest BCUT2D eigenvalue weighted by molar-refractivity contribution is 0.102. The van der Waals surface area contributed by atoms with Gasteiger partial charge >= 0.3 is 0 Å². The van der Waals surface area contributed by atoms with Crippen LogP contribution in [0.2, 0.25) is 5.02 Å². The van der Waals surface area contributed by atoms with Crippen molar-refractivity contribution in [1.29, 1.82) is 0 Å². The zero-order chi connectivity index (χ0) is 15.5. The van der Waals surface area contributed by atoms with Crippen molar-refractivity contribution in [2.24, 2.45) is 0 Å². The second kappa shape index (κ2) is 5.99. The summed E-state index contributed by atoms with van der Waals surface area (Å²) in [7, 11) is 0. The Morgan fingerprint density at radius 2 is 2.05 bits per heavy atom. The Bertz CT molecular complexity index is 814. The summed E-state index contributed by atoms with van der Waals surface area (Å²) in [5.41, 5.74) is 3.31. The van der Waals surface area contributed by atoms with Gasteiger partial charge in [0, 0.05) is 16.9 Å². The number of carbonyl (C=O) groups excluding carboxylic acids is 1. The summed E-state index contributed by atoms with van der Waals surface area (Å²) in [6, 6.07) is 12.5. The van der Waals surface area contributed by atoms with Crippen LogP contribution >= 0.6 is 11.6 Å². The predicted octanol–water partition coefficient (Wildman–Crippen LogP) is 3.69. The molecule has 22 heavy (non-hydrogen) atoms. The lowest BCUT2D eigenvalue weighted by Crippen LogP contribution is -2.13. The molecule has 6 heteroatoms. The maximum absolute atomic E-state index is 12.3. The van der Waals surface area contributed by atoms with Crippen LogP contribution in [0.1, 0.15) is 16.1 Å². The monoisotopic (exact) mass is 312 g/mol. The third-order valence-electron chi connectivity index (χ3n) is 3.19. The number of aromatic amines is 1. The topological polar surface area (TPSA) is 70.7 Å². The number of rotatable bonds is 3. The summed E-state index contributed by atoms with van der Waals surface area (Å²) in [5, 5.41) is 10.3. The lowest BCUT2D eigenvalue weighted by Gasteiger charge is -2.07. The molecule has 0 saturated carbocycles. The zero-order valence-electron chi connectivity index (χ0n) is 11.8. The molecule has 0 fully saturated rings. The maximum atomic E-state index is 12.3. The highest BCUT2D eigenvalue weighted by atomic mass is 35.5. The fourth-order valence-electron chi connectivity index (χ4n) is 2.04. The van der Waals surface area contributed by atoms with Crippen LogP contribution in [0.15, 0.2) is 48.7 Å². The van der Waals surface area contributed by atoms with E-state index in [0.29, 0.717) is 27.8 Å². The minimum Gasteiger partial charge on any atom is -0.320 e. The third kappa shape index (κ3) is 2.99. The van der Waals surface area contributed by atoms with E-state index in [4.69, 9.17) is 11.6 Å². The van der Waals surface area contributed by atoms with E-state index in [-0.39, 0.29) is 5.91 Å². The van der Waals surface area contributed by atoms with Crippen LogP contribution < -0.4 is 5.32 Å². The van der Waals surface area contributed by atoms with E-state index in [2.05, 4.69) is 20.5 Å². The van der Waals surface area contributed by atoms with Crippen molar-refractivity contribution in [3.05, 3.63) is 64.9 Å². The highest BCUT2D eigenvalue weighted by molar-refractivity contribution is 6.30. The number of H-pyrrole nitrogens is 1. The fraction of sp³-hybridized carbons (Fsp3) is 0.0625. The fourth-order valence-corrected chi connectivity index (χ4v) is 2.27. The number of nitrogens with zero attached hydrogens (tertiary/aromatic N) is 2. The molecule has 0 aliphatic heterocycles. The molecule has 0 spiro atoms. The Kier molecular flexibility index (Phi) is 3.89. The molecule has 0 radical (unpaired) electrons. The number of amides is 1. The summed E-state index contributed by atoms with van der Waals surface area (Å²) >= 11 is 5.91. The molecular formula is C16H13ClN4O. The Morgan fingerprint density at radius 1 is 1.18 bits per heavy atom. The Hall–Kier alpha value is -2.66. The van der Waals surface area contributed by atoms with Gasteiger partial charge in [0.05, 0.1) is 5.69 Å². The molecule has 1 aromatic carbocycles. The Labute approximate surface area is 132 Å². The zero-order valence-corrected chi connectivity index (χ0v) is 12.6. The molecule has 0 atom stereocenters. The van der Waals surface area contributed by atoms with Gasteiger partial charge in [-0.3, -0.25) is 14.9 Å². The average molecular weight is 313 g/mol. The quantitative estimate of drug-likeness (QED) is 0.775. The molecule has 0 unspecified atom stereocenters. The van der Waals surface area contributed by atoms with Gasteiger partial charge in [0.15, 0.2) is 0 Å². The van der Waals surface area contributed by atoms with Gasteiger partial charge in [-0.1, -0.05) is 17.7 Å². The van der Waals surface area contributed by atoms with Crippen LogP contribution in [0.5, 0.6) is 0 Å². The molecule has 0 saturated heterocycles. The smallest absolute Gasteiger partial charge is 0.273 e. The number of hydrogen-bond acceptors (Lipinski definition) is 3. The van der Waals surface area contributed by atoms with Crippen molar-refractivity contribution in [1.82, 2.24) is 15.2 Å². The first kappa shape index (κ1) is 14.3. The number of carbonyl (C=O) groups is 1. The van der Waals surface area contributed by atoms with Gasteiger partial charge in [-0.25, -0.2) is 0 Å². The number of pyridine rings is 1. The molecule has 5 nitrogen and oxygen atoms in total. The second-order valence-electron chi connectivity index (χ2n) is 4.80. The highest BCUT2D eigenvalue weighted by Crippen LogP contribution is 2.21. The van der Waals surface area contributed by atoms with Crippen molar-refractivity contribution in [3.63, 3.8) is 0 Å². The molecular weight excluding hydrogens is 300 g/mol. The predicted molar refractivity (Wildman–Crippen MR) is 86.0 cm³/mol. The second-order valence-corrected chi connectivity index (χ2v) is 5.23. The number of halogens is 1. The van der Waals surface area contributed by atoms with Gasteiger partial charge in [0.1, 0.15) is 11.4 Å². The summed E-state index contributed by atoms with van der Waals surface area (Å²) in [6.45, 7) is 1.88. The molecule has 3 aromatic rings. The van der Waals surface area contributed by atoms with Crippen molar-refractivity contribution >= 4 is 23.2 Å². The Balaban J connectivity index is 1.80. The minimum atomic E-state index is -0.264. The van der Waals surface area contributed by atoms with Gasteiger partial charge in [0.2, 0.25) is 0 Å². The molecule has 0 bridgehead atoms. The van der Waals surface area contributed by atoms with Crippen LogP contribution in [0, 0.1) is 6.92 Å². The average Bonchev–Trinajstić information content (AvgIpc) is 3.01. The van der Waals surface area contributed by atoms with Crippen molar-refractivity contribution in [2.45, 2.75) is 6.92 Å². The minimum absolute atomic E-state index is 0.264. The molecule has 2 aromatic heterocycles. The SMILES string of the molecule is Cc1cc(Cl)ccc1NC(=O)c1cc(-c2ccccn2)n[nH]1. The van der Waals surface area contributed by atoms with E-state index in [1.54, 1.807) is 30.5 Å². The van der Waals surface area contributed by atoms with Crippen LogP contribution in [-0.2, 0) is 0 Å². The first-order valence-corrected chi connectivity index (χ1v) is 7.05. The van der Waals surface area contributed by atoms with Crippen LogP contribution in [0.3, 0.4) is 0 Å². The maximum Gasteiger partial charge on any atom is 0.273 e. The molecule has 2 N–H and O–H groups in total. The number of aryl methyl sites for hydroxylation is 1. The van der Waals surface area contributed by atoms with Gasteiger partial charge in [-0.05, 0) is 48.9 Å². The van der Waals surface area contributed by atoms with Crippen molar-refractivity contribution in [3.8, 4) is 11.4 Å². The normalized spacial score (nSPS) is 10.5. The number of anilines is 1. The molecule has 2 heterocycles. The van der Waals surface area contributed by atoms with Gasteiger partial charge in [0.25, 0.3) is 5.91 Å². The summed E-state index contributed by atoms with van der Waals surface area (Å²) in [4.78, 5) is 16.5. The number of nitrogens with one attached hydrogen (secondary N) is 2. The molecule has 1 amide bonds. The molecule has 0 aliphatic rings. The van der Waals surface area contributed by atoms with Crippen molar-refractivity contribution in [2.75, 3.05) is 5.32 Å². The number of hydrogen-bond donors (Lipinski definition) is 2. The first-order valence-electron chi connectivity index (χ1n) is 6.68. The van der Waals surface area contributed by atoms with Crippen LogP contribution in [-0.4, -0.2) is 21.1 Å².